The van der Waals surface area contributed by atoms with Crippen LogP contribution in [0.25, 0.3) is 100 Å². The summed E-state index contributed by atoms with van der Waals surface area (Å²) in [6.07, 6.45) is 7.37. The molecule has 258 valence electrons. The molecule has 0 atom stereocenters. The highest BCUT2D eigenvalue weighted by atomic mass is 16.3. The van der Waals surface area contributed by atoms with Gasteiger partial charge in [0.1, 0.15) is 5.52 Å². The summed E-state index contributed by atoms with van der Waals surface area (Å²) in [6, 6.07) is 61.9. The van der Waals surface area contributed by atoms with Crippen molar-refractivity contribution in [3.05, 3.63) is 201 Å². The van der Waals surface area contributed by atoms with Crippen LogP contribution in [0.1, 0.15) is 0 Å². The summed E-state index contributed by atoms with van der Waals surface area (Å²) in [6.45, 7) is 0. The largest absolute Gasteiger partial charge is 0.436 e. The fraction of sp³-hybridized carbons (Fsp3) is 0. The molecule has 3 heterocycles. The zero-order valence-electron chi connectivity index (χ0n) is 29.8. The molecule has 0 aliphatic heterocycles. The van der Waals surface area contributed by atoms with Crippen molar-refractivity contribution in [2.24, 2.45) is 0 Å². The predicted molar refractivity (Wildman–Crippen MR) is 225 cm³/mol. The van der Waals surface area contributed by atoms with E-state index < -0.39 is 0 Å². The summed E-state index contributed by atoms with van der Waals surface area (Å²) in [5.41, 5.74) is 15.9. The molecule has 4 nitrogen and oxygen atoms in total. The minimum Gasteiger partial charge on any atom is -0.436 e. The maximum Gasteiger partial charge on any atom is 0.227 e. The summed E-state index contributed by atoms with van der Waals surface area (Å²) in [4.78, 5) is 13.7. The highest BCUT2D eigenvalue weighted by Crippen LogP contribution is 2.38. The number of benzene rings is 7. The SMILES string of the molecule is c1cncc(-c2ccc(-c3ccc(-c4nc5c(-c6ccc(-c7cccnc7)cc6)cc(-c6ccc(-c7cccc8ccccc78)cc6)cc5o4)cc3)cc2)c1. The normalized spacial score (nSPS) is 11.3. The van der Waals surface area contributed by atoms with Gasteiger partial charge in [0.15, 0.2) is 5.58 Å². The van der Waals surface area contributed by atoms with Gasteiger partial charge in [-0.25, -0.2) is 4.98 Å². The molecule has 7 aromatic carbocycles. The van der Waals surface area contributed by atoms with Crippen molar-refractivity contribution in [1.29, 1.82) is 0 Å². The standard InChI is InChI=1S/C51H33N3O/c1-2-10-46-39(6-1)7-3-11-47(46)40-22-18-38(19-23-40)45-30-48(41-24-16-37(17-25-41)44-9-5-29-53-33-44)50-49(31-45)55-51(54-50)42-26-20-35(21-27-42)34-12-14-36(15-13-34)43-8-4-28-52-32-43/h1-33H. The Hall–Kier alpha value is -7.43. The van der Waals surface area contributed by atoms with Crippen LogP contribution in [0, 0.1) is 0 Å². The molecule has 10 rings (SSSR count). The Labute approximate surface area is 319 Å². The molecule has 0 saturated heterocycles. The molecule has 0 bridgehead atoms. The third-order valence-electron chi connectivity index (χ3n) is 10.3. The van der Waals surface area contributed by atoms with E-state index in [1.54, 1.807) is 12.4 Å². The molecule has 55 heavy (non-hydrogen) atoms. The molecule has 0 unspecified atom stereocenters. The highest BCUT2D eigenvalue weighted by Gasteiger charge is 2.17. The molecule has 0 fully saturated rings. The lowest BCUT2D eigenvalue weighted by molar-refractivity contribution is 0.620. The van der Waals surface area contributed by atoms with Gasteiger partial charge < -0.3 is 4.42 Å². The van der Waals surface area contributed by atoms with Gasteiger partial charge in [-0.2, -0.15) is 0 Å². The molecule has 0 N–H and O–H groups in total. The second-order valence-corrected chi connectivity index (χ2v) is 13.7. The van der Waals surface area contributed by atoms with E-state index >= 15 is 0 Å². The lowest BCUT2D eigenvalue weighted by Gasteiger charge is -2.10. The van der Waals surface area contributed by atoms with Crippen LogP contribution < -0.4 is 0 Å². The first kappa shape index (κ1) is 32.2. The predicted octanol–water partition coefficient (Wildman–Crippen LogP) is 13.4. The molecule has 0 radical (unpaired) electrons. The van der Waals surface area contributed by atoms with E-state index in [1.165, 1.54) is 21.9 Å². The average Bonchev–Trinajstić information content (AvgIpc) is 3.71. The molecule has 0 amide bonds. The summed E-state index contributed by atoms with van der Waals surface area (Å²) >= 11 is 0. The van der Waals surface area contributed by atoms with E-state index in [9.17, 15) is 0 Å². The zero-order valence-corrected chi connectivity index (χ0v) is 29.8. The van der Waals surface area contributed by atoms with Crippen LogP contribution in [0.2, 0.25) is 0 Å². The molecule has 0 saturated carbocycles. The second-order valence-electron chi connectivity index (χ2n) is 13.7. The van der Waals surface area contributed by atoms with Crippen LogP contribution in [0.15, 0.2) is 205 Å². The Morgan fingerprint density at radius 1 is 0.345 bits per heavy atom. The van der Waals surface area contributed by atoms with Crippen LogP contribution in [-0.2, 0) is 0 Å². The summed E-state index contributed by atoms with van der Waals surface area (Å²) in [5.74, 6) is 0.588. The quantitative estimate of drug-likeness (QED) is 0.166. The first-order valence-electron chi connectivity index (χ1n) is 18.4. The van der Waals surface area contributed by atoms with Gasteiger partial charge in [0.25, 0.3) is 0 Å². The lowest BCUT2D eigenvalue weighted by atomic mass is 9.94. The molecular formula is C51H33N3O. The number of fused-ring (bicyclic) bond motifs is 2. The van der Waals surface area contributed by atoms with Crippen molar-refractivity contribution in [2.45, 2.75) is 0 Å². The fourth-order valence-corrected chi connectivity index (χ4v) is 7.43. The Morgan fingerprint density at radius 2 is 0.836 bits per heavy atom. The zero-order chi connectivity index (χ0) is 36.6. The van der Waals surface area contributed by atoms with Crippen LogP contribution in [0.4, 0.5) is 0 Å². The van der Waals surface area contributed by atoms with E-state index in [2.05, 4.69) is 174 Å². The summed E-state index contributed by atoms with van der Waals surface area (Å²) < 4.78 is 6.60. The van der Waals surface area contributed by atoms with Gasteiger partial charge in [-0.1, -0.05) is 140 Å². The molecule has 4 heteroatoms. The van der Waals surface area contributed by atoms with E-state index in [-0.39, 0.29) is 0 Å². The number of hydrogen-bond donors (Lipinski definition) is 0. The third-order valence-corrected chi connectivity index (χ3v) is 10.3. The maximum atomic E-state index is 6.60. The Balaban J connectivity index is 1.02. The van der Waals surface area contributed by atoms with Gasteiger partial charge in [-0.3, -0.25) is 9.97 Å². The van der Waals surface area contributed by atoms with E-state index in [0.717, 1.165) is 72.3 Å². The van der Waals surface area contributed by atoms with Crippen molar-refractivity contribution in [3.8, 4) is 78.2 Å². The minimum absolute atomic E-state index is 0.588. The summed E-state index contributed by atoms with van der Waals surface area (Å²) in [5, 5.41) is 2.48. The Kier molecular flexibility index (Phi) is 8.12. The number of aromatic nitrogens is 3. The molecule has 0 aliphatic carbocycles. The molecule has 3 aromatic heterocycles. The number of pyridine rings is 2. The van der Waals surface area contributed by atoms with Crippen LogP contribution in [-0.4, -0.2) is 15.0 Å². The van der Waals surface area contributed by atoms with Crippen molar-refractivity contribution >= 4 is 21.9 Å². The second kappa shape index (κ2) is 13.8. The molecule has 0 aliphatic rings. The van der Waals surface area contributed by atoms with Crippen molar-refractivity contribution < 1.29 is 4.42 Å². The van der Waals surface area contributed by atoms with Crippen LogP contribution >= 0.6 is 0 Å². The topological polar surface area (TPSA) is 51.8 Å². The molecular weight excluding hydrogens is 671 g/mol. The van der Waals surface area contributed by atoms with Gasteiger partial charge in [0, 0.05) is 35.9 Å². The highest BCUT2D eigenvalue weighted by molar-refractivity contribution is 5.98. The van der Waals surface area contributed by atoms with Gasteiger partial charge >= 0.3 is 0 Å². The Morgan fingerprint density at radius 3 is 1.42 bits per heavy atom. The first-order chi connectivity index (χ1) is 27.2. The first-order valence-corrected chi connectivity index (χ1v) is 18.4. The van der Waals surface area contributed by atoms with Crippen molar-refractivity contribution in [2.75, 3.05) is 0 Å². The number of oxazole rings is 1. The molecule has 10 aromatic rings. The van der Waals surface area contributed by atoms with Gasteiger partial charge in [-0.05, 0) is 108 Å². The maximum absolute atomic E-state index is 6.60. The van der Waals surface area contributed by atoms with E-state index in [1.807, 2.05) is 24.5 Å². The smallest absolute Gasteiger partial charge is 0.227 e. The van der Waals surface area contributed by atoms with Crippen molar-refractivity contribution in [1.82, 2.24) is 15.0 Å². The van der Waals surface area contributed by atoms with Gasteiger partial charge in [0.2, 0.25) is 5.89 Å². The van der Waals surface area contributed by atoms with E-state index in [0.29, 0.717) is 5.89 Å². The van der Waals surface area contributed by atoms with Crippen LogP contribution in [0.3, 0.4) is 0 Å². The third kappa shape index (κ3) is 6.26. The number of rotatable bonds is 7. The molecule has 0 spiro atoms. The van der Waals surface area contributed by atoms with Gasteiger partial charge in [0.05, 0.1) is 0 Å². The van der Waals surface area contributed by atoms with Gasteiger partial charge in [-0.15, -0.1) is 0 Å². The lowest BCUT2D eigenvalue weighted by Crippen LogP contribution is -1.87. The average molecular weight is 704 g/mol. The van der Waals surface area contributed by atoms with Crippen LogP contribution in [0.5, 0.6) is 0 Å². The fourth-order valence-electron chi connectivity index (χ4n) is 7.43. The monoisotopic (exact) mass is 703 g/mol. The van der Waals surface area contributed by atoms with Crippen molar-refractivity contribution in [3.63, 3.8) is 0 Å². The van der Waals surface area contributed by atoms with E-state index in [4.69, 9.17) is 9.40 Å². The minimum atomic E-state index is 0.588. The summed E-state index contributed by atoms with van der Waals surface area (Å²) in [7, 11) is 0. The number of hydrogen-bond acceptors (Lipinski definition) is 4. The Bertz CT molecular complexity index is 2910. The number of nitrogens with zero attached hydrogens (tertiary/aromatic N) is 3.